The molecule has 0 spiro atoms. The van der Waals surface area contributed by atoms with Crippen molar-refractivity contribution in [2.24, 2.45) is 0 Å². The molecule has 0 bridgehead atoms. The number of methoxy groups -OCH3 is 2. The highest BCUT2D eigenvalue weighted by Gasteiger charge is 2.05. The Hall–Kier alpha value is -2.89. The fraction of sp³-hybridized carbons (Fsp3) is 0.188. The van der Waals surface area contributed by atoms with Crippen LogP contribution in [0, 0.1) is 0 Å². The first kappa shape index (κ1) is 15.5. The van der Waals surface area contributed by atoms with E-state index in [9.17, 15) is 4.79 Å². The number of ether oxygens (including phenoxy) is 2. The highest BCUT2D eigenvalue weighted by atomic mass is 16.5. The molecule has 0 aromatic heterocycles. The maximum absolute atomic E-state index is 11.7. The summed E-state index contributed by atoms with van der Waals surface area (Å²) >= 11 is 0. The van der Waals surface area contributed by atoms with Gasteiger partial charge in [-0.05, 0) is 29.8 Å². The number of benzene rings is 2. The summed E-state index contributed by atoms with van der Waals surface area (Å²) in [5.74, 6) is 1.28. The number of carbonyl (C=O) groups excluding carboxylic acids is 1. The van der Waals surface area contributed by atoms with Crippen LogP contribution in [0.3, 0.4) is 0 Å². The molecule has 0 unspecified atom stereocenters. The van der Waals surface area contributed by atoms with E-state index in [2.05, 4.69) is 16.2 Å². The Labute approximate surface area is 129 Å². The van der Waals surface area contributed by atoms with E-state index in [1.807, 2.05) is 42.5 Å². The minimum Gasteiger partial charge on any atom is -0.493 e. The summed E-state index contributed by atoms with van der Waals surface area (Å²) in [6.07, 6.45) is 0. The molecule has 6 nitrogen and oxygen atoms in total. The topological polar surface area (TPSA) is 71.6 Å². The highest BCUT2D eigenvalue weighted by molar-refractivity contribution is 5.75. The van der Waals surface area contributed by atoms with Crippen molar-refractivity contribution in [3.05, 3.63) is 54.1 Å². The number of hydrazine groups is 1. The molecule has 0 aliphatic heterocycles. The van der Waals surface area contributed by atoms with Gasteiger partial charge in [0.05, 0.1) is 19.9 Å². The van der Waals surface area contributed by atoms with Crippen molar-refractivity contribution >= 4 is 11.7 Å². The number of amides is 2. The Kier molecular flexibility index (Phi) is 5.48. The van der Waals surface area contributed by atoms with Gasteiger partial charge in [-0.15, -0.1) is 0 Å². The zero-order chi connectivity index (χ0) is 15.8. The van der Waals surface area contributed by atoms with Crippen molar-refractivity contribution in [2.75, 3.05) is 19.6 Å². The van der Waals surface area contributed by atoms with Crippen LogP contribution in [0.1, 0.15) is 5.56 Å². The number of hydrogen-bond donors (Lipinski definition) is 3. The number of rotatable bonds is 6. The molecule has 0 heterocycles. The zero-order valence-electron chi connectivity index (χ0n) is 12.6. The van der Waals surface area contributed by atoms with Crippen molar-refractivity contribution < 1.29 is 14.3 Å². The van der Waals surface area contributed by atoms with Crippen LogP contribution in [0.4, 0.5) is 10.5 Å². The van der Waals surface area contributed by atoms with Crippen LogP contribution in [-0.2, 0) is 6.54 Å². The lowest BCUT2D eigenvalue weighted by atomic mass is 10.2. The van der Waals surface area contributed by atoms with Gasteiger partial charge in [-0.1, -0.05) is 24.3 Å². The summed E-state index contributed by atoms with van der Waals surface area (Å²) in [6.45, 7) is 0.378. The summed E-state index contributed by atoms with van der Waals surface area (Å²) in [4.78, 5) is 11.7. The molecular weight excluding hydrogens is 282 g/mol. The molecule has 116 valence electrons. The van der Waals surface area contributed by atoms with Crippen molar-refractivity contribution in [3.63, 3.8) is 0 Å². The Balaban J connectivity index is 1.83. The van der Waals surface area contributed by atoms with Gasteiger partial charge in [0.2, 0.25) is 0 Å². The quantitative estimate of drug-likeness (QED) is 0.717. The molecule has 0 atom stereocenters. The minimum atomic E-state index is -0.321. The van der Waals surface area contributed by atoms with E-state index in [1.54, 1.807) is 20.3 Å². The first-order valence-electron chi connectivity index (χ1n) is 6.78. The van der Waals surface area contributed by atoms with Crippen LogP contribution in [0.25, 0.3) is 0 Å². The maximum Gasteiger partial charge on any atom is 0.333 e. The fourth-order valence-electron chi connectivity index (χ4n) is 1.87. The largest absolute Gasteiger partial charge is 0.493 e. The second-order valence-electron chi connectivity index (χ2n) is 4.49. The molecule has 2 rings (SSSR count). The molecule has 0 radical (unpaired) electrons. The maximum atomic E-state index is 11.7. The average Bonchev–Trinajstić information content (AvgIpc) is 2.58. The van der Waals surface area contributed by atoms with Crippen LogP contribution >= 0.6 is 0 Å². The van der Waals surface area contributed by atoms with E-state index in [4.69, 9.17) is 9.47 Å². The van der Waals surface area contributed by atoms with Gasteiger partial charge in [0.1, 0.15) is 0 Å². The second-order valence-corrected chi connectivity index (χ2v) is 4.49. The molecule has 22 heavy (non-hydrogen) atoms. The molecule has 2 aromatic rings. The number of hydrogen-bond acceptors (Lipinski definition) is 4. The number of carbonyl (C=O) groups is 1. The third-order valence-corrected chi connectivity index (χ3v) is 3.00. The molecule has 0 saturated heterocycles. The predicted molar refractivity (Wildman–Crippen MR) is 85.0 cm³/mol. The van der Waals surface area contributed by atoms with E-state index < -0.39 is 0 Å². The number of para-hydroxylation sites is 1. The standard InChI is InChI=1S/C16H19N3O3/c1-21-14-9-8-12(10-15(14)22-2)11-17-16(20)19-18-13-6-4-3-5-7-13/h3-10,18H,11H2,1-2H3,(H2,17,19,20). The van der Waals surface area contributed by atoms with Crippen LogP contribution < -0.4 is 25.6 Å². The van der Waals surface area contributed by atoms with Crippen molar-refractivity contribution in [1.82, 2.24) is 10.7 Å². The van der Waals surface area contributed by atoms with Crippen LogP contribution in [0.2, 0.25) is 0 Å². The molecule has 0 aliphatic carbocycles. The fourth-order valence-corrected chi connectivity index (χ4v) is 1.87. The normalized spacial score (nSPS) is 9.73. The molecule has 0 saturated carbocycles. The summed E-state index contributed by atoms with van der Waals surface area (Å²) in [7, 11) is 3.16. The predicted octanol–water partition coefficient (Wildman–Crippen LogP) is 2.53. The van der Waals surface area contributed by atoms with Crippen molar-refractivity contribution in [2.45, 2.75) is 6.54 Å². The van der Waals surface area contributed by atoms with Gasteiger partial charge in [-0.3, -0.25) is 10.9 Å². The molecule has 2 amide bonds. The number of nitrogens with one attached hydrogen (secondary N) is 3. The van der Waals surface area contributed by atoms with E-state index in [0.29, 0.717) is 18.0 Å². The average molecular weight is 301 g/mol. The van der Waals surface area contributed by atoms with E-state index in [1.165, 1.54) is 0 Å². The molecular formula is C16H19N3O3. The summed E-state index contributed by atoms with van der Waals surface area (Å²) in [6, 6.07) is 14.5. The molecule has 6 heteroatoms. The Bertz CT molecular complexity index is 617. The number of urea groups is 1. The Morgan fingerprint density at radius 2 is 1.73 bits per heavy atom. The SMILES string of the molecule is COc1ccc(CNC(=O)NNc2ccccc2)cc1OC. The van der Waals surface area contributed by atoms with Crippen molar-refractivity contribution in [1.29, 1.82) is 0 Å². The highest BCUT2D eigenvalue weighted by Crippen LogP contribution is 2.27. The first-order valence-corrected chi connectivity index (χ1v) is 6.78. The van der Waals surface area contributed by atoms with Gasteiger partial charge in [0, 0.05) is 6.54 Å². The van der Waals surface area contributed by atoms with Gasteiger partial charge in [-0.2, -0.15) is 0 Å². The molecule has 0 aliphatic rings. The van der Waals surface area contributed by atoms with Gasteiger partial charge in [-0.25, -0.2) is 4.79 Å². The lowest BCUT2D eigenvalue weighted by Gasteiger charge is -2.12. The van der Waals surface area contributed by atoms with E-state index in [0.717, 1.165) is 11.3 Å². The summed E-state index contributed by atoms with van der Waals surface area (Å²) in [5.41, 5.74) is 7.10. The van der Waals surface area contributed by atoms with Crippen molar-refractivity contribution in [3.8, 4) is 11.5 Å². The third-order valence-electron chi connectivity index (χ3n) is 3.00. The molecule has 3 N–H and O–H groups in total. The Morgan fingerprint density at radius 3 is 2.41 bits per heavy atom. The minimum absolute atomic E-state index is 0.321. The van der Waals surface area contributed by atoms with Gasteiger partial charge in [0.15, 0.2) is 11.5 Å². The third kappa shape index (κ3) is 4.31. The van der Waals surface area contributed by atoms with Gasteiger partial charge in [0.25, 0.3) is 0 Å². The van der Waals surface area contributed by atoms with E-state index >= 15 is 0 Å². The second kappa shape index (κ2) is 7.78. The van der Waals surface area contributed by atoms with Crippen LogP contribution in [0.5, 0.6) is 11.5 Å². The Morgan fingerprint density at radius 1 is 1.00 bits per heavy atom. The molecule has 0 fully saturated rings. The number of anilines is 1. The first-order chi connectivity index (χ1) is 10.7. The lowest BCUT2D eigenvalue weighted by Crippen LogP contribution is -2.38. The van der Waals surface area contributed by atoms with E-state index in [-0.39, 0.29) is 6.03 Å². The van der Waals surface area contributed by atoms with Gasteiger partial charge >= 0.3 is 6.03 Å². The molecule has 2 aromatic carbocycles. The van der Waals surface area contributed by atoms with Crippen LogP contribution in [-0.4, -0.2) is 20.3 Å². The summed E-state index contributed by atoms with van der Waals surface area (Å²) in [5, 5.41) is 2.75. The lowest BCUT2D eigenvalue weighted by molar-refractivity contribution is 0.242. The summed E-state index contributed by atoms with van der Waals surface area (Å²) < 4.78 is 10.4. The zero-order valence-corrected chi connectivity index (χ0v) is 12.6. The van der Waals surface area contributed by atoms with Gasteiger partial charge < -0.3 is 14.8 Å². The monoisotopic (exact) mass is 301 g/mol. The van der Waals surface area contributed by atoms with Crippen LogP contribution in [0.15, 0.2) is 48.5 Å². The smallest absolute Gasteiger partial charge is 0.333 e.